The summed E-state index contributed by atoms with van der Waals surface area (Å²) in [6.45, 7) is 4.60. The van der Waals surface area contributed by atoms with Crippen molar-refractivity contribution in [3.63, 3.8) is 0 Å². The number of fused-ring (bicyclic) bond motifs is 1. The number of aromatic nitrogens is 2. The number of pyridine rings is 1. The Kier molecular flexibility index (Phi) is 5.23. The first-order valence-corrected chi connectivity index (χ1v) is 10.6. The maximum absolute atomic E-state index is 13.6. The highest BCUT2D eigenvalue weighted by molar-refractivity contribution is 6.07. The van der Waals surface area contributed by atoms with Gasteiger partial charge in [0, 0.05) is 43.5 Å². The maximum atomic E-state index is 13.6. The largest absolute Gasteiger partial charge is 0.497 e. The molecule has 0 bridgehead atoms. The zero-order valence-electron chi connectivity index (χ0n) is 18.1. The van der Waals surface area contributed by atoms with Crippen molar-refractivity contribution in [1.82, 2.24) is 15.0 Å². The molecule has 1 aliphatic heterocycles. The predicted octanol–water partition coefficient (Wildman–Crippen LogP) is 4.17. The lowest BCUT2D eigenvalue weighted by Crippen LogP contribution is -2.48. The van der Waals surface area contributed by atoms with E-state index < -0.39 is 0 Å². The molecule has 0 unspecified atom stereocenters. The Hall–Kier alpha value is -3.87. The van der Waals surface area contributed by atoms with Crippen molar-refractivity contribution in [2.45, 2.75) is 6.92 Å². The number of amides is 1. The fourth-order valence-electron chi connectivity index (χ4n) is 4.17. The average molecular weight is 428 g/mol. The van der Waals surface area contributed by atoms with Crippen molar-refractivity contribution in [2.75, 3.05) is 38.2 Å². The minimum absolute atomic E-state index is 0.0221. The first-order valence-electron chi connectivity index (χ1n) is 10.6. The third kappa shape index (κ3) is 3.66. The lowest BCUT2D eigenvalue weighted by atomic mass is 10.0. The second-order valence-corrected chi connectivity index (χ2v) is 7.85. The van der Waals surface area contributed by atoms with Crippen molar-refractivity contribution in [3.05, 3.63) is 71.9 Å². The maximum Gasteiger partial charge on any atom is 0.259 e. The van der Waals surface area contributed by atoms with E-state index in [0.717, 1.165) is 30.1 Å². The Bertz CT molecular complexity index is 1260. The number of piperazine rings is 1. The molecule has 3 heterocycles. The van der Waals surface area contributed by atoms with Crippen LogP contribution in [0.5, 0.6) is 5.75 Å². The van der Waals surface area contributed by atoms with Crippen LogP contribution in [0, 0.1) is 6.92 Å². The number of aryl methyl sites for hydroxylation is 1. The molecule has 7 heteroatoms. The van der Waals surface area contributed by atoms with E-state index in [0.29, 0.717) is 41.1 Å². The molecule has 1 aliphatic rings. The van der Waals surface area contributed by atoms with E-state index in [-0.39, 0.29) is 5.91 Å². The lowest BCUT2D eigenvalue weighted by Gasteiger charge is -2.36. The molecule has 1 amide bonds. The quantitative estimate of drug-likeness (QED) is 0.486. The summed E-state index contributed by atoms with van der Waals surface area (Å²) in [7, 11) is 1.67. The van der Waals surface area contributed by atoms with E-state index in [1.54, 1.807) is 7.11 Å². The van der Waals surface area contributed by atoms with Crippen LogP contribution >= 0.6 is 0 Å². The van der Waals surface area contributed by atoms with E-state index in [1.165, 1.54) is 0 Å². The average Bonchev–Trinajstić information content (AvgIpc) is 3.24. The monoisotopic (exact) mass is 428 g/mol. The minimum Gasteiger partial charge on any atom is -0.497 e. The Labute approximate surface area is 186 Å². The van der Waals surface area contributed by atoms with Gasteiger partial charge in [0.1, 0.15) is 5.75 Å². The molecule has 0 saturated carbocycles. The number of benzene rings is 2. The molecule has 5 rings (SSSR count). The standard InChI is InChI=1S/C25H24N4O3/c1-17-23-21(16-22(26-24(23)32-27-17)18-7-4-3-5-8-18)25(30)29-13-11-28(12-14-29)19-9-6-10-20(15-19)31-2/h3-10,15-16H,11-14H2,1-2H3. The number of rotatable bonds is 4. The van der Waals surface area contributed by atoms with Crippen LogP contribution < -0.4 is 9.64 Å². The summed E-state index contributed by atoms with van der Waals surface area (Å²) in [5.74, 6) is 0.808. The molecular formula is C25H24N4O3. The Morgan fingerprint density at radius 1 is 1.00 bits per heavy atom. The zero-order valence-corrected chi connectivity index (χ0v) is 18.1. The fourth-order valence-corrected chi connectivity index (χ4v) is 4.17. The molecule has 1 saturated heterocycles. The van der Waals surface area contributed by atoms with E-state index >= 15 is 0 Å². The third-order valence-corrected chi connectivity index (χ3v) is 5.90. The van der Waals surface area contributed by atoms with Gasteiger partial charge in [-0.2, -0.15) is 0 Å². The van der Waals surface area contributed by atoms with E-state index in [9.17, 15) is 4.79 Å². The van der Waals surface area contributed by atoms with Crippen LogP contribution in [0.15, 0.2) is 65.2 Å². The highest BCUT2D eigenvalue weighted by Crippen LogP contribution is 2.29. The number of anilines is 1. The molecule has 1 fully saturated rings. The van der Waals surface area contributed by atoms with Crippen LogP contribution in [0.3, 0.4) is 0 Å². The normalized spacial score (nSPS) is 14.1. The van der Waals surface area contributed by atoms with E-state index in [1.807, 2.05) is 66.4 Å². The molecule has 32 heavy (non-hydrogen) atoms. The van der Waals surface area contributed by atoms with Crippen molar-refractivity contribution in [2.24, 2.45) is 0 Å². The van der Waals surface area contributed by atoms with Gasteiger partial charge in [-0.15, -0.1) is 0 Å². The van der Waals surface area contributed by atoms with E-state index in [2.05, 4.69) is 21.1 Å². The van der Waals surface area contributed by atoms with E-state index in [4.69, 9.17) is 9.26 Å². The first-order chi connectivity index (χ1) is 15.6. The van der Waals surface area contributed by atoms with Gasteiger partial charge in [0.05, 0.1) is 29.4 Å². The smallest absolute Gasteiger partial charge is 0.259 e. The molecule has 0 N–H and O–H groups in total. The van der Waals surface area contributed by atoms with Crippen molar-refractivity contribution >= 4 is 22.7 Å². The number of nitrogens with zero attached hydrogens (tertiary/aromatic N) is 4. The fraction of sp³-hybridized carbons (Fsp3) is 0.240. The minimum atomic E-state index is -0.0221. The number of methoxy groups -OCH3 is 1. The first kappa shape index (κ1) is 20.1. The predicted molar refractivity (Wildman–Crippen MR) is 123 cm³/mol. The third-order valence-electron chi connectivity index (χ3n) is 5.90. The van der Waals surface area contributed by atoms with Crippen molar-refractivity contribution < 1.29 is 14.1 Å². The van der Waals surface area contributed by atoms with Crippen molar-refractivity contribution in [1.29, 1.82) is 0 Å². The van der Waals surface area contributed by atoms with Crippen LogP contribution in [-0.2, 0) is 0 Å². The van der Waals surface area contributed by atoms with Crippen LogP contribution in [0.25, 0.3) is 22.4 Å². The van der Waals surface area contributed by atoms with Gasteiger partial charge >= 0.3 is 0 Å². The highest BCUT2D eigenvalue weighted by atomic mass is 16.5. The number of hydrogen-bond acceptors (Lipinski definition) is 6. The van der Waals surface area contributed by atoms with Crippen LogP contribution in [0.1, 0.15) is 16.1 Å². The Morgan fingerprint density at radius 2 is 1.78 bits per heavy atom. The zero-order chi connectivity index (χ0) is 22.1. The second-order valence-electron chi connectivity index (χ2n) is 7.85. The summed E-state index contributed by atoms with van der Waals surface area (Å²) >= 11 is 0. The van der Waals surface area contributed by atoms with Gasteiger partial charge in [-0.3, -0.25) is 4.79 Å². The van der Waals surface area contributed by atoms with Gasteiger partial charge in [0.25, 0.3) is 11.6 Å². The number of carbonyl (C=O) groups is 1. The van der Waals surface area contributed by atoms with Crippen LogP contribution in [0.4, 0.5) is 5.69 Å². The molecule has 0 radical (unpaired) electrons. The molecule has 2 aromatic heterocycles. The van der Waals surface area contributed by atoms with Gasteiger partial charge in [-0.05, 0) is 25.1 Å². The van der Waals surface area contributed by atoms with Gasteiger partial charge < -0.3 is 19.1 Å². The van der Waals surface area contributed by atoms with Crippen LogP contribution in [-0.4, -0.2) is 54.2 Å². The number of carbonyl (C=O) groups excluding carboxylic acids is 1. The molecule has 0 atom stereocenters. The SMILES string of the molecule is COc1cccc(N2CCN(C(=O)c3cc(-c4ccccc4)nc4onc(C)c34)CC2)c1. The van der Waals surface area contributed by atoms with Crippen LogP contribution in [0.2, 0.25) is 0 Å². The number of hydrogen-bond donors (Lipinski definition) is 0. The summed E-state index contributed by atoms with van der Waals surface area (Å²) in [6.07, 6.45) is 0. The molecular weight excluding hydrogens is 404 g/mol. The van der Waals surface area contributed by atoms with Gasteiger partial charge in [-0.25, -0.2) is 4.98 Å². The second kappa shape index (κ2) is 8.34. The van der Waals surface area contributed by atoms with Crippen molar-refractivity contribution in [3.8, 4) is 17.0 Å². The summed E-state index contributed by atoms with van der Waals surface area (Å²) in [5, 5.41) is 4.74. The molecule has 0 spiro atoms. The summed E-state index contributed by atoms with van der Waals surface area (Å²) in [6, 6.07) is 19.7. The summed E-state index contributed by atoms with van der Waals surface area (Å²) in [4.78, 5) is 22.4. The Morgan fingerprint density at radius 3 is 2.53 bits per heavy atom. The summed E-state index contributed by atoms with van der Waals surface area (Å²) in [5.41, 5.74) is 4.38. The van der Waals surface area contributed by atoms with Gasteiger partial charge in [-0.1, -0.05) is 41.6 Å². The lowest BCUT2D eigenvalue weighted by molar-refractivity contribution is 0.0748. The Balaban J connectivity index is 1.42. The van der Waals surface area contributed by atoms with Gasteiger partial charge in [0.2, 0.25) is 0 Å². The molecule has 7 nitrogen and oxygen atoms in total. The molecule has 4 aromatic rings. The summed E-state index contributed by atoms with van der Waals surface area (Å²) < 4.78 is 10.8. The molecule has 0 aliphatic carbocycles. The molecule has 162 valence electrons. The number of ether oxygens (including phenoxy) is 1. The molecule has 2 aromatic carbocycles. The topological polar surface area (TPSA) is 71.7 Å². The highest BCUT2D eigenvalue weighted by Gasteiger charge is 2.26. The van der Waals surface area contributed by atoms with Gasteiger partial charge in [0.15, 0.2) is 0 Å².